The van der Waals surface area contributed by atoms with Gasteiger partial charge in [-0.3, -0.25) is 4.90 Å². The van der Waals surface area contributed by atoms with Crippen LogP contribution in [0.1, 0.15) is 42.3 Å². The molecule has 0 bridgehead atoms. The number of likely N-dealkylation sites (tertiary alicyclic amines) is 1. The molecule has 0 aliphatic carbocycles. The highest BCUT2D eigenvalue weighted by molar-refractivity contribution is 6.32. The van der Waals surface area contributed by atoms with Crippen molar-refractivity contribution in [2.45, 2.75) is 45.7 Å². The van der Waals surface area contributed by atoms with Gasteiger partial charge in [0.2, 0.25) is 0 Å². The minimum absolute atomic E-state index is 0.170. The second-order valence-electron chi connectivity index (χ2n) is 8.40. The monoisotopic (exact) mass is 420 g/mol. The van der Waals surface area contributed by atoms with E-state index < -0.39 is 0 Å². The van der Waals surface area contributed by atoms with Crippen LogP contribution in [0.15, 0.2) is 42.7 Å². The molecule has 2 aromatic heterocycles. The largest absolute Gasteiger partial charge is 0.340 e. The van der Waals surface area contributed by atoms with Crippen LogP contribution in [-0.4, -0.2) is 36.4 Å². The van der Waals surface area contributed by atoms with Crippen molar-refractivity contribution in [1.29, 1.82) is 0 Å². The lowest BCUT2D eigenvalue weighted by Gasteiger charge is -2.34. The van der Waals surface area contributed by atoms with E-state index in [0.717, 1.165) is 59.1 Å². The Morgan fingerprint density at radius 1 is 1.13 bits per heavy atom. The number of rotatable bonds is 4. The molecule has 0 unspecified atom stereocenters. The zero-order chi connectivity index (χ0) is 20.9. The topological polar surface area (TPSA) is 62.6 Å². The van der Waals surface area contributed by atoms with Crippen LogP contribution in [0.5, 0.6) is 0 Å². The number of benzene rings is 2. The normalized spacial score (nSPS) is 19.7. The molecule has 1 atom stereocenters. The molecule has 1 aliphatic rings. The molecule has 5 rings (SSSR count). The second-order valence-corrected chi connectivity index (χ2v) is 8.81. The molecule has 0 saturated carbocycles. The van der Waals surface area contributed by atoms with Crippen molar-refractivity contribution in [2.75, 3.05) is 6.54 Å². The highest BCUT2D eigenvalue weighted by atomic mass is 35.5. The smallest absolute Gasteiger partial charge is 0.127 e. The standard InChI is InChI=1S/C23H25ClN6/c1-15-5-8-20(30-25-10-11-26-30)17(13-15)14-29-12-4-9-23(29,3)22-27-19-7-6-18(24)16(2)21(19)28-22/h5-8,10-11,13H,4,9,12,14H2,1-3H3,(H,27,28)/t23-/m0/s1. The lowest BCUT2D eigenvalue weighted by molar-refractivity contribution is 0.139. The average Bonchev–Trinajstić information content (AvgIpc) is 3.46. The van der Waals surface area contributed by atoms with Crippen molar-refractivity contribution >= 4 is 22.6 Å². The Labute approximate surface area is 180 Å². The number of H-pyrrole nitrogens is 1. The number of halogens is 1. The molecule has 1 fully saturated rings. The van der Waals surface area contributed by atoms with Gasteiger partial charge < -0.3 is 4.98 Å². The number of nitrogens with one attached hydrogen (secondary N) is 1. The van der Waals surface area contributed by atoms with Crippen LogP contribution in [0, 0.1) is 13.8 Å². The number of aryl methyl sites for hydroxylation is 2. The van der Waals surface area contributed by atoms with E-state index >= 15 is 0 Å². The fraction of sp³-hybridized carbons (Fsp3) is 0.348. The first kappa shape index (κ1) is 19.3. The van der Waals surface area contributed by atoms with Gasteiger partial charge >= 0.3 is 0 Å². The Hall–Kier alpha value is -2.70. The lowest BCUT2D eigenvalue weighted by Crippen LogP contribution is -2.39. The summed E-state index contributed by atoms with van der Waals surface area (Å²) >= 11 is 6.33. The minimum Gasteiger partial charge on any atom is -0.340 e. The Balaban J connectivity index is 1.53. The van der Waals surface area contributed by atoms with Crippen LogP contribution in [0.2, 0.25) is 5.02 Å². The quantitative estimate of drug-likeness (QED) is 0.508. The third-order valence-electron chi connectivity index (χ3n) is 6.37. The van der Waals surface area contributed by atoms with E-state index in [9.17, 15) is 0 Å². The SMILES string of the molecule is Cc1ccc(-n2nccn2)c(CN2CCC[C@@]2(C)c2nc3c(C)c(Cl)ccc3[nH]2)c1. The Morgan fingerprint density at radius 3 is 2.73 bits per heavy atom. The molecular formula is C23H25ClN6. The number of fused-ring (bicyclic) bond motifs is 1. The molecule has 0 amide bonds. The number of hydrogen-bond acceptors (Lipinski definition) is 4. The van der Waals surface area contributed by atoms with Crippen molar-refractivity contribution in [1.82, 2.24) is 29.9 Å². The molecule has 3 heterocycles. The van der Waals surface area contributed by atoms with Gasteiger partial charge in [-0.1, -0.05) is 29.3 Å². The van der Waals surface area contributed by atoms with Gasteiger partial charge in [-0.25, -0.2) is 4.98 Å². The van der Waals surface area contributed by atoms with Crippen LogP contribution < -0.4 is 0 Å². The van der Waals surface area contributed by atoms with Crippen molar-refractivity contribution in [3.8, 4) is 5.69 Å². The van der Waals surface area contributed by atoms with E-state index in [1.807, 2.05) is 19.1 Å². The van der Waals surface area contributed by atoms with Gasteiger partial charge in [-0.15, -0.1) is 0 Å². The molecule has 0 radical (unpaired) electrons. The first-order chi connectivity index (χ1) is 14.5. The maximum Gasteiger partial charge on any atom is 0.127 e. The van der Waals surface area contributed by atoms with Gasteiger partial charge in [-0.2, -0.15) is 15.0 Å². The summed E-state index contributed by atoms with van der Waals surface area (Å²) in [7, 11) is 0. The molecule has 2 aromatic carbocycles. The molecule has 1 saturated heterocycles. The average molecular weight is 421 g/mol. The van der Waals surface area contributed by atoms with Crippen LogP contribution >= 0.6 is 11.6 Å². The van der Waals surface area contributed by atoms with Gasteiger partial charge in [0.05, 0.1) is 34.7 Å². The molecular weight excluding hydrogens is 396 g/mol. The zero-order valence-corrected chi connectivity index (χ0v) is 18.2. The maximum absolute atomic E-state index is 6.33. The van der Waals surface area contributed by atoms with E-state index in [1.165, 1.54) is 11.1 Å². The molecule has 154 valence electrons. The summed E-state index contributed by atoms with van der Waals surface area (Å²) in [6.45, 7) is 8.27. The highest BCUT2D eigenvalue weighted by Crippen LogP contribution is 2.40. The second kappa shape index (κ2) is 7.22. The Morgan fingerprint density at radius 2 is 1.93 bits per heavy atom. The number of hydrogen-bond donors (Lipinski definition) is 1. The summed E-state index contributed by atoms with van der Waals surface area (Å²) in [5.74, 6) is 1.01. The third-order valence-corrected chi connectivity index (χ3v) is 6.78. The van der Waals surface area contributed by atoms with E-state index in [1.54, 1.807) is 17.2 Å². The van der Waals surface area contributed by atoms with Crippen molar-refractivity contribution in [2.24, 2.45) is 0 Å². The summed E-state index contributed by atoms with van der Waals surface area (Å²) in [5.41, 5.74) is 6.32. The molecule has 30 heavy (non-hydrogen) atoms. The highest BCUT2D eigenvalue weighted by Gasteiger charge is 2.41. The van der Waals surface area contributed by atoms with Gasteiger partial charge in [0.15, 0.2) is 0 Å². The Kier molecular flexibility index (Phi) is 4.64. The molecule has 4 aromatic rings. The molecule has 1 N–H and O–H groups in total. The Bertz CT molecular complexity index is 1210. The van der Waals surface area contributed by atoms with Gasteiger partial charge in [0, 0.05) is 11.6 Å². The fourth-order valence-corrected chi connectivity index (χ4v) is 4.72. The van der Waals surface area contributed by atoms with Crippen molar-refractivity contribution < 1.29 is 0 Å². The third kappa shape index (κ3) is 3.11. The molecule has 1 aliphatic heterocycles. The van der Waals surface area contributed by atoms with Crippen LogP contribution in [-0.2, 0) is 12.1 Å². The fourth-order valence-electron chi connectivity index (χ4n) is 4.57. The number of nitrogens with zero attached hydrogens (tertiary/aromatic N) is 5. The van der Waals surface area contributed by atoms with E-state index in [0.29, 0.717) is 0 Å². The molecule has 7 heteroatoms. The predicted molar refractivity (Wildman–Crippen MR) is 119 cm³/mol. The lowest BCUT2D eigenvalue weighted by atomic mass is 9.97. The van der Waals surface area contributed by atoms with E-state index in [-0.39, 0.29) is 5.54 Å². The predicted octanol–water partition coefficient (Wildman–Crippen LogP) is 4.93. The van der Waals surface area contributed by atoms with E-state index in [4.69, 9.17) is 16.6 Å². The van der Waals surface area contributed by atoms with Gasteiger partial charge in [0.1, 0.15) is 5.82 Å². The number of imidazole rings is 1. The summed E-state index contributed by atoms with van der Waals surface area (Å²) in [5, 5.41) is 9.45. The first-order valence-electron chi connectivity index (χ1n) is 10.3. The number of aromatic nitrogens is 5. The zero-order valence-electron chi connectivity index (χ0n) is 17.5. The van der Waals surface area contributed by atoms with Crippen LogP contribution in [0.3, 0.4) is 0 Å². The van der Waals surface area contributed by atoms with Gasteiger partial charge in [-0.05, 0) is 69.5 Å². The van der Waals surface area contributed by atoms with Crippen LogP contribution in [0.4, 0.5) is 0 Å². The summed E-state index contributed by atoms with van der Waals surface area (Å²) in [6.07, 6.45) is 5.62. The summed E-state index contributed by atoms with van der Waals surface area (Å²) in [6, 6.07) is 10.4. The van der Waals surface area contributed by atoms with Crippen LogP contribution in [0.25, 0.3) is 16.7 Å². The maximum atomic E-state index is 6.33. The minimum atomic E-state index is -0.170. The number of aromatic amines is 1. The van der Waals surface area contributed by atoms with Gasteiger partial charge in [0.25, 0.3) is 0 Å². The van der Waals surface area contributed by atoms with Crippen molar-refractivity contribution in [3.05, 3.63) is 70.3 Å². The summed E-state index contributed by atoms with van der Waals surface area (Å²) in [4.78, 5) is 12.8. The van der Waals surface area contributed by atoms with Crippen molar-refractivity contribution in [3.63, 3.8) is 0 Å². The van der Waals surface area contributed by atoms with E-state index in [2.05, 4.69) is 52.1 Å². The summed E-state index contributed by atoms with van der Waals surface area (Å²) < 4.78 is 0. The molecule has 0 spiro atoms. The first-order valence-corrected chi connectivity index (χ1v) is 10.7. The molecule has 6 nitrogen and oxygen atoms in total.